The van der Waals surface area contributed by atoms with E-state index in [1.807, 2.05) is 12.2 Å². The maximum Gasteiger partial charge on any atom is 0.337 e. The molecule has 0 bridgehead atoms. The van der Waals surface area contributed by atoms with Gasteiger partial charge in [-0.05, 0) is 35.4 Å². The molecule has 0 aliphatic rings. The van der Waals surface area contributed by atoms with Gasteiger partial charge in [-0.1, -0.05) is 18.2 Å². The maximum atomic E-state index is 12.0. The summed E-state index contributed by atoms with van der Waals surface area (Å²) in [6.07, 6.45) is 3.67. The van der Waals surface area contributed by atoms with Gasteiger partial charge in [-0.25, -0.2) is 9.59 Å². The predicted octanol–water partition coefficient (Wildman–Crippen LogP) is 2.99. The van der Waals surface area contributed by atoms with Crippen LogP contribution in [0.15, 0.2) is 30.3 Å². The number of rotatable bonds is 11. The minimum absolute atomic E-state index is 0.214. The van der Waals surface area contributed by atoms with Gasteiger partial charge in [-0.15, -0.1) is 0 Å². The largest absolute Gasteiger partial charge is 0.493 e. The molecule has 0 amide bonds. The van der Waals surface area contributed by atoms with E-state index < -0.39 is 18.5 Å². The average molecular weight is 446 g/mol. The van der Waals surface area contributed by atoms with Crippen LogP contribution in [0, 0.1) is 0 Å². The molecule has 0 heterocycles. The smallest absolute Gasteiger partial charge is 0.337 e. The van der Waals surface area contributed by atoms with Gasteiger partial charge in [0, 0.05) is 0 Å². The van der Waals surface area contributed by atoms with Crippen molar-refractivity contribution in [2.45, 2.75) is 0 Å². The summed E-state index contributed by atoms with van der Waals surface area (Å²) in [6, 6.07) is 8.73. The Morgan fingerprint density at radius 1 is 0.688 bits per heavy atom. The highest BCUT2D eigenvalue weighted by molar-refractivity contribution is 5.77. The van der Waals surface area contributed by atoms with Crippen LogP contribution in [-0.2, 0) is 19.1 Å². The van der Waals surface area contributed by atoms with Crippen molar-refractivity contribution >= 4 is 24.1 Å². The molecule has 0 saturated carbocycles. The third kappa shape index (κ3) is 6.64. The van der Waals surface area contributed by atoms with Gasteiger partial charge in [0.2, 0.25) is 5.75 Å². The number of carbonyl (C=O) groups is 2. The number of ether oxygens (including phenoxy) is 7. The second kappa shape index (κ2) is 12.2. The molecule has 0 unspecified atom stereocenters. The average Bonchev–Trinajstić information content (AvgIpc) is 2.81. The zero-order valence-electron chi connectivity index (χ0n) is 18.6. The highest BCUT2D eigenvalue weighted by Gasteiger charge is 2.13. The summed E-state index contributed by atoms with van der Waals surface area (Å²) in [5, 5.41) is 0. The van der Waals surface area contributed by atoms with E-state index in [1.54, 1.807) is 44.6 Å². The molecule has 2 rings (SSSR count). The quantitative estimate of drug-likeness (QED) is 0.293. The highest BCUT2D eigenvalue weighted by atomic mass is 16.6. The van der Waals surface area contributed by atoms with E-state index in [0.29, 0.717) is 23.0 Å². The van der Waals surface area contributed by atoms with Crippen LogP contribution in [0.3, 0.4) is 0 Å². The van der Waals surface area contributed by atoms with E-state index in [-0.39, 0.29) is 12.4 Å². The lowest BCUT2D eigenvalue weighted by atomic mass is 10.1. The van der Waals surface area contributed by atoms with Crippen LogP contribution in [-0.4, -0.2) is 60.7 Å². The maximum absolute atomic E-state index is 12.0. The molecule has 0 atom stereocenters. The van der Waals surface area contributed by atoms with Crippen molar-refractivity contribution in [3.05, 3.63) is 41.5 Å². The van der Waals surface area contributed by atoms with Crippen LogP contribution in [0.4, 0.5) is 0 Å². The van der Waals surface area contributed by atoms with Gasteiger partial charge in [0.05, 0.1) is 35.5 Å². The van der Waals surface area contributed by atoms with Crippen molar-refractivity contribution in [1.82, 2.24) is 0 Å². The SMILES string of the molecule is COC(=O)COCC(=O)Oc1cc(C=Cc2cc(OC)c(OC)c(OC)c2)ccc1OC. The normalized spacial score (nSPS) is 10.5. The minimum Gasteiger partial charge on any atom is -0.493 e. The Morgan fingerprint density at radius 3 is 1.81 bits per heavy atom. The van der Waals surface area contributed by atoms with Crippen LogP contribution in [0.2, 0.25) is 0 Å². The lowest BCUT2D eigenvalue weighted by Gasteiger charge is -2.13. The molecule has 0 aliphatic heterocycles. The molecule has 9 heteroatoms. The molecule has 0 aromatic heterocycles. The first-order valence-corrected chi connectivity index (χ1v) is 9.47. The van der Waals surface area contributed by atoms with Crippen molar-refractivity contribution in [2.75, 3.05) is 48.8 Å². The third-order valence-electron chi connectivity index (χ3n) is 4.23. The van der Waals surface area contributed by atoms with E-state index in [4.69, 9.17) is 28.4 Å². The Hall–Kier alpha value is -3.72. The molecule has 32 heavy (non-hydrogen) atoms. The molecule has 172 valence electrons. The number of esters is 2. The molecule has 0 fully saturated rings. The molecular weight excluding hydrogens is 420 g/mol. The second-order valence-corrected chi connectivity index (χ2v) is 6.25. The van der Waals surface area contributed by atoms with E-state index in [0.717, 1.165) is 11.1 Å². The predicted molar refractivity (Wildman–Crippen MR) is 116 cm³/mol. The molecule has 2 aromatic rings. The fraction of sp³-hybridized carbons (Fsp3) is 0.304. The Kier molecular flexibility index (Phi) is 9.37. The van der Waals surface area contributed by atoms with Gasteiger partial charge < -0.3 is 33.2 Å². The van der Waals surface area contributed by atoms with Gasteiger partial charge >= 0.3 is 11.9 Å². The van der Waals surface area contributed by atoms with Crippen molar-refractivity contribution in [3.8, 4) is 28.7 Å². The van der Waals surface area contributed by atoms with Crippen molar-refractivity contribution in [2.24, 2.45) is 0 Å². The monoisotopic (exact) mass is 446 g/mol. The summed E-state index contributed by atoms with van der Waals surface area (Å²) in [5.74, 6) is 0.876. The van der Waals surface area contributed by atoms with E-state index in [2.05, 4.69) is 4.74 Å². The van der Waals surface area contributed by atoms with Crippen LogP contribution in [0.1, 0.15) is 11.1 Å². The number of hydrogen-bond acceptors (Lipinski definition) is 9. The summed E-state index contributed by atoms with van der Waals surface area (Å²) in [7, 11) is 7.32. The number of hydrogen-bond donors (Lipinski definition) is 0. The Bertz CT molecular complexity index is 941. The van der Waals surface area contributed by atoms with E-state index >= 15 is 0 Å². The minimum atomic E-state index is -0.682. The van der Waals surface area contributed by atoms with Gasteiger partial charge in [-0.2, -0.15) is 0 Å². The summed E-state index contributed by atoms with van der Waals surface area (Å²) in [5.41, 5.74) is 1.56. The molecule has 9 nitrogen and oxygen atoms in total. The van der Waals surface area contributed by atoms with Gasteiger partial charge in [0.1, 0.15) is 13.2 Å². The van der Waals surface area contributed by atoms with E-state index in [9.17, 15) is 9.59 Å². The zero-order chi connectivity index (χ0) is 23.5. The van der Waals surface area contributed by atoms with Crippen molar-refractivity contribution < 1.29 is 42.7 Å². The third-order valence-corrected chi connectivity index (χ3v) is 4.23. The van der Waals surface area contributed by atoms with Crippen LogP contribution in [0.5, 0.6) is 28.7 Å². The molecule has 0 saturated heterocycles. The number of benzene rings is 2. The highest BCUT2D eigenvalue weighted by Crippen LogP contribution is 2.38. The fourth-order valence-corrected chi connectivity index (χ4v) is 2.70. The molecular formula is C23H26O9. The summed E-state index contributed by atoms with van der Waals surface area (Å²) in [4.78, 5) is 23.1. The lowest BCUT2D eigenvalue weighted by molar-refractivity contribution is -0.149. The zero-order valence-corrected chi connectivity index (χ0v) is 18.6. The standard InChI is InChI=1S/C23H26O9/c1-26-17-9-8-15(10-18(17)32-22(25)14-31-13-21(24)29-4)6-7-16-11-19(27-2)23(30-5)20(12-16)28-3/h6-12H,13-14H2,1-5H3. The first kappa shape index (κ1) is 24.5. The topological polar surface area (TPSA) is 98.8 Å². The molecule has 0 spiro atoms. The summed E-state index contributed by atoms with van der Waals surface area (Å²) in [6.45, 7) is -0.760. The fourth-order valence-electron chi connectivity index (χ4n) is 2.70. The lowest BCUT2D eigenvalue weighted by Crippen LogP contribution is -2.19. The van der Waals surface area contributed by atoms with E-state index in [1.165, 1.54) is 21.3 Å². The Morgan fingerprint density at radius 2 is 1.25 bits per heavy atom. The molecule has 0 radical (unpaired) electrons. The van der Waals surface area contributed by atoms with Gasteiger partial charge in [-0.3, -0.25) is 0 Å². The second-order valence-electron chi connectivity index (χ2n) is 6.25. The summed E-state index contributed by atoms with van der Waals surface area (Å²) >= 11 is 0. The van der Waals surface area contributed by atoms with Gasteiger partial charge in [0.15, 0.2) is 23.0 Å². The first-order valence-electron chi connectivity index (χ1n) is 9.47. The first-order chi connectivity index (χ1) is 15.4. The van der Waals surface area contributed by atoms with Crippen LogP contribution >= 0.6 is 0 Å². The Labute approximate surface area is 186 Å². The molecule has 0 N–H and O–H groups in total. The van der Waals surface area contributed by atoms with Crippen molar-refractivity contribution in [1.29, 1.82) is 0 Å². The van der Waals surface area contributed by atoms with Crippen LogP contribution in [0.25, 0.3) is 12.2 Å². The summed E-state index contributed by atoms with van der Waals surface area (Å²) < 4.78 is 36.0. The molecule has 2 aromatic carbocycles. The van der Waals surface area contributed by atoms with Crippen LogP contribution < -0.4 is 23.7 Å². The molecule has 0 aliphatic carbocycles. The number of methoxy groups -OCH3 is 5. The Balaban J connectivity index is 2.18. The van der Waals surface area contributed by atoms with Crippen molar-refractivity contribution in [3.63, 3.8) is 0 Å². The van der Waals surface area contributed by atoms with Gasteiger partial charge in [0.25, 0.3) is 0 Å². The number of carbonyl (C=O) groups excluding carboxylic acids is 2.